The summed E-state index contributed by atoms with van der Waals surface area (Å²) >= 11 is 3.46. The lowest BCUT2D eigenvalue weighted by Crippen LogP contribution is -2.43. The van der Waals surface area contributed by atoms with E-state index < -0.39 is 6.17 Å². The lowest BCUT2D eigenvalue weighted by molar-refractivity contribution is 0.0974. The molecule has 1 amide bonds. The molecule has 0 fully saturated rings. The molecule has 0 aromatic heterocycles. The number of benzene rings is 3. The summed E-state index contributed by atoms with van der Waals surface area (Å²) in [6.07, 6.45) is -0.657. The largest absolute Gasteiger partial charge is 0.504 e. The number of ether oxygens (including phenoxy) is 2. The zero-order valence-electron chi connectivity index (χ0n) is 15.8. The third-order valence-electron chi connectivity index (χ3n) is 4.84. The first-order valence-corrected chi connectivity index (χ1v) is 9.72. The number of amides is 1. The number of hydrogen-bond acceptors (Lipinski definition) is 5. The first-order valence-electron chi connectivity index (χ1n) is 8.93. The summed E-state index contributed by atoms with van der Waals surface area (Å²) in [6.45, 7) is 0. The summed E-state index contributed by atoms with van der Waals surface area (Å²) in [4.78, 5) is 15.1. The number of halogens is 1. The van der Waals surface area contributed by atoms with Crippen molar-refractivity contribution in [3.63, 3.8) is 0 Å². The van der Waals surface area contributed by atoms with Gasteiger partial charge < -0.3 is 19.9 Å². The van der Waals surface area contributed by atoms with Crippen LogP contribution in [-0.4, -0.2) is 25.2 Å². The molecule has 0 unspecified atom stereocenters. The molecule has 7 heteroatoms. The fourth-order valence-corrected chi connectivity index (χ4v) is 3.91. The van der Waals surface area contributed by atoms with Crippen LogP contribution in [0.25, 0.3) is 0 Å². The molecule has 0 saturated heterocycles. The third-order valence-corrected chi connectivity index (χ3v) is 5.30. The van der Waals surface area contributed by atoms with Crippen molar-refractivity contribution < 1.29 is 19.4 Å². The van der Waals surface area contributed by atoms with E-state index in [2.05, 4.69) is 21.2 Å². The normalized spacial score (nSPS) is 15.5. The fourth-order valence-electron chi connectivity index (χ4n) is 3.46. The molecule has 1 heterocycles. The monoisotopic (exact) mass is 454 g/mol. The summed E-state index contributed by atoms with van der Waals surface area (Å²) in [6, 6.07) is 18.0. The van der Waals surface area contributed by atoms with Crippen LogP contribution in [0.1, 0.15) is 22.1 Å². The van der Waals surface area contributed by atoms with E-state index in [4.69, 9.17) is 9.47 Å². The van der Waals surface area contributed by atoms with Crippen molar-refractivity contribution >= 4 is 33.2 Å². The van der Waals surface area contributed by atoms with Gasteiger partial charge in [0.2, 0.25) is 0 Å². The second-order valence-corrected chi connectivity index (χ2v) is 7.43. The van der Waals surface area contributed by atoms with Crippen molar-refractivity contribution in [3.8, 4) is 17.2 Å². The van der Waals surface area contributed by atoms with Crippen molar-refractivity contribution in [2.75, 3.05) is 24.4 Å². The molecule has 0 saturated carbocycles. The highest BCUT2D eigenvalue weighted by molar-refractivity contribution is 9.10. The number of fused-ring (bicyclic) bond motifs is 1. The Balaban J connectivity index is 1.92. The lowest BCUT2D eigenvalue weighted by atomic mass is 10.0. The first-order chi connectivity index (χ1) is 14.0. The molecule has 3 aromatic carbocycles. The number of methoxy groups -OCH3 is 2. The van der Waals surface area contributed by atoms with E-state index in [0.717, 1.165) is 4.47 Å². The minimum atomic E-state index is -0.657. The average molecular weight is 455 g/mol. The Labute approximate surface area is 176 Å². The van der Waals surface area contributed by atoms with Gasteiger partial charge in [0.05, 0.1) is 25.5 Å². The van der Waals surface area contributed by atoms with E-state index in [-0.39, 0.29) is 11.7 Å². The molecule has 1 atom stereocenters. The third kappa shape index (κ3) is 3.38. The predicted octanol–water partition coefficient (Wildman–Crippen LogP) is 4.94. The summed E-state index contributed by atoms with van der Waals surface area (Å²) in [5, 5.41) is 14.2. The number of nitrogens with zero attached hydrogens (tertiary/aromatic N) is 1. The minimum absolute atomic E-state index is 0.0340. The Bertz CT molecular complexity index is 1090. The average Bonchev–Trinajstić information content (AvgIpc) is 2.75. The van der Waals surface area contributed by atoms with Crippen LogP contribution in [0.15, 0.2) is 65.1 Å². The fraction of sp³-hybridized carbons (Fsp3) is 0.136. The quantitative estimate of drug-likeness (QED) is 0.583. The van der Waals surface area contributed by atoms with Gasteiger partial charge in [0.25, 0.3) is 5.91 Å². The molecule has 1 aliphatic rings. The van der Waals surface area contributed by atoms with Crippen LogP contribution in [0.5, 0.6) is 17.2 Å². The molecule has 148 valence electrons. The van der Waals surface area contributed by atoms with E-state index in [1.807, 2.05) is 36.4 Å². The van der Waals surface area contributed by atoms with Crippen molar-refractivity contribution in [1.82, 2.24) is 0 Å². The Kier molecular flexibility index (Phi) is 5.07. The number of aromatic hydroxyl groups is 1. The number of nitrogens with one attached hydrogen (secondary N) is 1. The van der Waals surface area contributed by atoms with E-state index in [1.165, 1.54) is 7.11 Å². The van der Waals surface area contributed by atoms with Crippen LogP contribution in [0.2, 0.25) is 0 Å². The van der Waals surface area contributed by atoms with Gasteiger partial charge >= 0.3 is 0 Å². The van der Waals surface area contributed by atoms with Gasteiger partial charge in [0.15, 0.2) is 11.5 Å². The van der Waals surface area contributed by atoms with Crippen molar-refractivity contribution in [1.29, 1.82) is 0 Å². The molecule has 4 rings (SSSR count). The Hall–Kier alpha value is -3.19. The van der Waals surface area contributed by atoms with Gasteiger partial charge in [-0.2, -0.15) is 0 Å². The van der Waals surface area contributed by atoms with Crippen molar-refractivity contribution in [2.45, 2.75) is 6.17 Å². The molecule has 0 aliphatic carbocycles. The highest BCUT2D eigenvalue weighted by Crippen LogP contribution is 2.44. The van der Waals surface area contributed by atoms with Crippen LogP contribution in [0.4, 0.5) is 11.4 Å². The second kappa shape index (κ2) is 7.67. The molecular formula is C22H19BrN2O4. The van der Waals surface area contributed by atoms with Gasteiger partial charge in [0, 0.05) is 21.8 Å². The molecule has 1 aliphatic heterocycles. The van der Waals surface area contributed by atoms with Crippen molar-refractivity contribution in [2.24, 2.45) is 0 Å². The van der Waals surface area contributed by atoms with Gasteiger partial charge in [-0.15, -0.1) is 0 Å². The molecule has 0 spiro atoms. The number of carbonyl (C=O) groups is 1. The van der Waals surface area contributed by atoms with Gasteiger partial charge in [-0.3, -0.25) is 9.69 Å². The summed E-state index contributed by atoms with van der Waals surface area (Å²) in [5.41, 5.74) is 2.38. The molecule has 6 nitrogen and oxygen atoms in total. The number of phenolic OH excluding ortho intramolecular Hbond substituents is 1. The number of hydrogen-bond donors (Lipinski definition) is 2. The molecular weight excluding hydrogens is 436 g/mol. The second-order valence-electron chi connectivity index (χ2n) is 6.51. The number of para-hydroxylation sites is 1. The van der Waals surface area contributed by atoms with Gasteiger partial charge in [-0.05, 0) is 36.4 Å². The maximum absolute atomic E-state index is 13.5. The van der Waals surface area contributed by atoms with Crippen LogP contribution in [0, 0.1) is 0 Å². The van der Waals surface area contributed by atoms with Crippen LogP contribution < -0.4 is 19.7 Å². The Morgan fingerprint density at radius 2 is 1.83 bits per heavy atom. The SMILES string of the molecule is COc1cccc(N2C(=O)c3ccccc3N[C@@H]2c2cc(Br)cc(OC)c2O)c1. The lowest BCUT2D eigenvalue weighted by Gasteiger charge is -2.38. The van der Waals surface area contributed by atoms with E-state index in [9.17, 15) is 9.90 Å². The summed E-state index contributed by atoms with van der Waals surface area (Å²) < 4.78 is 11.4. The van der Waals surface area contributed by atoms with Gasteiger partial charge in [0.1, 0.15) is 11.9 Å². The number of phenols is 1. The first kappa shape index (κ1) is 19.1. The molecule has 0 radical (unpaired) electrons. The number of carbonyl (C=O) groups excluding carboxylic acids is 1. The number of anilines is 2. The van der Waals surface area contributed by atoms with Crippen LogP contribution in [0.3, 0.4) is 0 Å². The van der Waals surface area contributed by atoms with E-state index >= 15 is 0 Å². The highest BCUT2D eigenvalue weighted by Gasteiger charge is 2.36. The Morgan fingerprint density at radius 3 is 2.59 bits per heavy atom. The maximum Gasteiger partial charge on any atom is 0.262 e. The number of rotatable bonds is 4. The molecule has 3 aromatic rings. The molecule has 2 N–H and O–H groups in total. The smallest absolute Gasteiger partial charge is 0.262 e. The van der Waals surface area contributed by atoms with Crippen molar-refractivity contribution in [3.05, 3.63) is 76.3 Å². The van der Waals surface area contributed by atoms with Gasteiger partial charge in [-0.1, -0.05) is 34.1 Å². The zero-order chi connectivity index (χ0) is 20.5. The van der Waals surface area contributed by atoms with E-state index in [0.29, 0.717) is 34.0 Å². The summed E-state index contributed by atoms with van der Waals surface area (Å²) in [7, 11) is 3.06. The standard InChI is InChI=1S/C22H19BrN2O4/c1-28-15-7-5-6-14(12-15)25-21(17-10-13(23)11-19(29-2)20(17)26)24-18-9-4-3-8-16(18)22(25)27/h3-12,21,24,26H,1-2H3/t21-/m0/s1. The predicted molar refractivity (Wildman–Crippen MR) is 115 cm³/mol. The summed E-state index contributed by atoms with van der Waals surface area (Å²) in [5.74, 6) is 0.723. The highest BCUT2D eigenvalue weighted by atomic mass is 79.9. The van der Waals surface area contributed by atoms with Crippen LogP contribution in [-0.2, 0) is 0 Å². The zero-order valence-corrected chi connectivity index (χ0v) is 17.4. The van der Waals surface area contributed by atoms with Gasteiger partial charge in [-0.25, -0.2) is 0 Å². The topological polar surface area (TPSA) is 71.0 Å². The maximum atomic E-state index is 13.5. The minimum Gasteiger partial charge on any atom is -0.504 e. The van der Waals surface area contributed by atoms with Crippen LogP contribution >= 0.6 is 15.9 Å². The molecule has 29 heavy (non-hydrogen) atoms. The molecule has 0 bridgehead atoms. The van der Waals surface area contributed by atoms with E-state index in [1.54, 1.807) is 36.3 Å². The Morgan fingerprint density at radius 1 is 1.03 bits per heavy atom.